The predicted molar refractivity (Wildman–Crippen MR) is 180 cm³/mol. The first-order chi connectivity index (χ1) is 23.2. The van der Waals surface area contributed by atoms with Gasteiger partial charge in [-0.3, -0.25) is 14.4 Å². The fraction of sp³-hybridized carbons (Fsp3) is 0.342. The van der Waals surface area contributed by atoms with Gasteiger partial charge in [-0.25, -0.2) is 4.79 Å². The van der Waals surface area contributed by atoms with Gasteiger partial charge in [0.25, 0.3) is 5.91 Å². The predicted octanol–water partition coefficient (Wildman–Crippen LogP) is 5.44. The SMILES string of the molecule is CCC(C)[C@H]1C(=O)N(CCc2cccc3ccccc23)CC2N(C(=O)OCCc3ccc(O)cc3)O[C@H](Cc3ccc(O)cc3)C(=O)N21. The Labute approximate surface area is 280 Å². The van der Waals surface area contributed by atoms with Gasteiger partial charge in [0.05, 0.1) is 13.2 Å². The van der Waals surface area contributed by atoms with Gasteiger partial charge in [-0.15, -0.1) is 0 Å². The van der Waals surface area contributed by atoms with Crippen molar-refractivity contribution in [3.05, 3.63) is 108 Å². The van der Waals surface area contributed by atoms with Crippen molar-refractivity contribution < 1.29 is 34.2 Å². The van der Waals surface area contributed by atoms with Crippen LogP contribution in [0.2, 0.25) is 0 Å². The summed E-state index contributed by atoms with van der Waals surface area (Å²) in [4.78, 5) is 51.7. The molecule has 2 heterocycles. The van der Waals surface area contributed by atoms with Crippen molar-refractivity contribution in [1.29, 1.82) is 0 Å². The summed E-state index contributed by atoms with van der Waals surface area (Å²) in [5, 5.41) is 22.8. The van der Waals surface area contributed by atoms with E-state index in [0.717, 1.165) is 32.5 Å². The van der Waals surface area contributed by atoms with Gasteiger partial charge in [-0.2, -0.15) is 5.06 Å². The Morgan fingerprint density at radius 3 is 2.25 bits per heavy atom. The van der Waals surface area contributed by atoms with Crippen LogP contribution in [0.15, 0.2) is 91.0 Å². The maximum atomic E-state index is 14.3. The van der Waals surface area contributed by atoms with E-state index in [1.165, 1.54) is 12.1 Å². The molecule has 2 aliphatic heterocycles. The Bertz CT molecular complexity index is 1760. The number of fused-ring (bicyclic) bond motifs is 2. The molecule has 10 heteroatoms. The third-order valence-electron chi connectivity index (χ3n) is 9.41. The summed E-state index contributed by atoms with van der Waals surface area (Å²) in [6.45, 7) is 4.45. The van der Waals surface area contributed by atoms with Gasteiger partial charge in [-0.05, 0) is 64.1 Å². The van der Waals surface area contributed by atoms with Crippen LogP contribution in [0, 0.1) is 5.92 Å². The van der Waals surface area contributed by atoms with Crippen molar-refractivity contribution in [2.45, 2.75) is 57.8 Å². The van der Waals surface area contributed by atoms with Gasteiger partial charge in [0.1, 0.15) is 17.5 Å². The van der Waals surface area contributed by atoms with Crippen LogP contribution in [0.3, 0.4) is 0 Å². The number of ether oxygens (including phenoxy) is 1. The zero-order valence-electron chi connectivity index (χ0n) is 27.2. The van der Waals surface area contributed by atoms with E-state index in [4.69, 9.17) is 9.57 Å². The van der Waals surface area contributed by atoms with Crippen LogP contribution in [-0.4, -0.2) is 81.0 Å². The molecule has 0 spiro atoms. The fourth-order valence-electron chi connectivity index (χ4n) is 6.58. The number of hydrogen-bond donors (Lipinski definition) is 2. The second kappa shape index (κ2) is 14.4. The van der Waals surface area contributed by atoms with Crippen molar-refractivity contribution in [2.75, 3.05) is 19.7 Å². The van der Waals surface area contributed by atoms with Crippen molar-refractivity contribution in [3.8, 4) is 11.5 Å². The first-order valence-electron chi connectivity index (χ1n) is 16.5. The Balaban J connectivity index is 1.28. The Hall–Kier alpha value is -5.09. The van der Waals surface area contributed by atoms with Crippen LogP contribution in [0.25, 0.3) is 10.8 Å². The number of hydrogen-bond acceptors (Lipinski definition) is 7. The number of rotatable bonds is 10. The molecule has 3 amide bonds. The summed E-state index contributed by atoms with van der Waals surface area (Å²) in [5.41, 5.74) is 2.71. The number of phenols is 2. The minimum absolute atomic E-state index is 0.0469. The standard InChI is InChI=1S/C38H41N3O7/c1-3-25(2)35-37(45)39(21-19-29-9-6-8-28-7-4-5-10-32(28)29)24-34-40(35)36(44)33(23-27-13-17-31(43)18-14-27)48-41(34)38(46)47-22-20-26-11-15-30(42)16-12-26/h4-18,25,33-35,42-43H,3,19-24H2,1-2H3/t25?,33-,34?,35+/m1/s1. The highest BCUT2D eigenvalue weighted by molar-refractivity contribution is 5.92. The van der Waals surface area contributed by atoms with Crippen molar-refractivity contribution >= 4 is 28.7 Å². The topological polar surface area (TPSA) is 120 Å². The molecule has 2 fully saturated rings. The van der Waals surface area contributed by atoms with Gasteiger partial charge in [0, 0.05) is 19.4 Å². The van der Waals surface area contributed by atoms with Crippen molar-refractivity contribution in [2.24, 2.45) is 5.92 Å². The highest BCUT2D eigenvalue weighted by Gasteiger charge is 2.54. The largest absolute Gasteiger partial charge is 0.508 e. The number of piperazine rings is 1. The summed E-state index contributed by atoms with van der Waals surface area (Å²) in [7, 11) is 0. The van der Waals surface area contributed by atoms with Gasteiger partial charge in [-0.1, -0.05) is 87.0 Å². The number of nitrogens with zero attached hydrogens (tertiary/aromatic N) is 3. The van der Waals surface area contributed by atoms with Crippen molar-refractivity contribution in [3.63, 3.8) is 0 Å². The minimum Gasteiger partial charge on any atom is -0.508 e. The van der Waals surface area contributed by atoms with Crippen LogP contribution in [0.4, 0.5) is 4.79 Å². The zero-order chi connectivity index (χ0) is 33.8. The summed E-state index contributed by atoms with van der Waals surface area (Å²) >= 11 is 0. The molecular weight excluding hydrogens is 610 g/mol. The Morgan fingerprint density at radius 1 is 0.875 bits per heavy atom. The van der Waals surface area contributed by atoms with E-state index in [1.54, 1.807) is 46.2 Å². The number of carbonyl (C=O) groups excluding carboxylic acids is 3. The molecule has 0 aromatic heterocycles. The maximum Gasteiger partial charge on any atom is 0.436 e. The van der Waals surface area contributed by atoms with Crippen LogP contribution < -0.4 is 0 Å². The van der Waals surface area contributed by atoms with E-state index in [2.05, 4.69) is 24.3 Å². The van der Waals surface area contributed by atoms with Gasteiger partial charge < -0.3 is 24.7 Å². The van der Waals surface area contributed by atoms with Gasteiger partial charge in [0.2, 0.25) is 5.91 Å². The molecule has 2 unspecified atom stereocenters. The number of hydroxylamine groups is 2. The molecule has 2 saturated heterocycles. The molecule has 6 rings (SSSR count). The van der Waals surface area contributed by atoms with Crippen LogP contribution in [0.1, 0.15) is 37.0 Å². The second-order valence-corrected chi connectivity index (χ2v) is 12.6. The smallest absolute Gasteiger partial charge is 0.436 e. The third-order valence-corrected chi connectivity index (χ3v) is 9.41. The maximum absolute atomic E-state index is 14.3. The second-order valence-electron chi connectivity index (χ2n) is 12.6. The first-order valence-corrected chi connectivity index (χ1v) is 16.5. The van der Waals surface area contributed by atoms with Crippen LogP contribution in [-0.2, 0) is 38.4 Å². The van der Waals surface area contributed by atoms with E-state index in [9.17, 15) is 24.6 Å². The molecule has 0 aliphatic carbocycles. The number of amides is 3. The van der Waals surface area contributed by atoms with E-state index in [0.29, 0.717) is 25.8 Å². The molecule has 0 saturated carbocycles. The Kier molecular flexibility index (Phi) is 9.82. The summed E-state index contributed by atoms with van der Waals surface area (Å²) in [5.74, 6) is -0.469. The fourth-order valence-corrected chi connectivity index (χ4v) is 6.58. The van der Waals surface area contributed by atoms with E-state index >= 15 is 0 Å². The molecule has 4 aromatic carbocycles. The van der Waals surface area contributed by atoms with Crippen molar-refractivity contribution in [1.82, 2.24) is 14.9 Å². The lowest BCUT2D eigenvalue weighted by molar-refractivity contribution is -0.268. The van der Waals surface area contributed by atoms with Crippen LogP contribution >= 0.6 is 0 Å². The van der Waals surface area contributed by atoms with Gasteiger partial charge >= 0.3 is 6.09 Å². The molecular formula is C38H41N3O7. The van der Waals surface area contributed by atoms with Crippen LogP contribution in [0.5, 0.6) is 11.5 Å². The average Bonchev–Trinajstić information content (AvgIpc) is 3.10. The van der Waals surface area contributed by atoms with E-state index in [-0.39, 0.29) is 48.8 Å². The highest BCUT2D eigenvalue weighted by atomic mass is 16.7. The quantitative estimate of drug-likeness (QED) is 0.234. The monoisotopic (exact) mass is 651 g/mol. The molecule has 2 aliphatic rings. The molecule has 10 nitrogen and oxygen atoms in total. The number of carbonyl (C=O) groups is 3. The third kappa shape index (κ3) is 6.94. The lowest BCUT2D eigenvalue weighted by atomic mass is 9.91. The lowest BCUT2D eigenvalue weighted by Gasteiger charge is -2.53. The molecule has 4 aromatic rings. The first kappa shape index (κ1) is 32.8. The Morgan fingerprint density at radius 2 is 1.54 bits per heavy atom. The summed E-state index contributed by atoms with van der Waals surface area (Å²) in [6, 6.07) is 26.6. The molecule has 48 heavy (non-hydrogen) atoms. The average molecular weight is 652 g/mol. The molecule has 4 atom stereocenters. The number of benzene rings is 4. The minimum atomic E-state index is -1.09. The zero-order valence-corrected chi connectivity index (χ0v) is 27.2. The molecule has 2 N–H and O–H groups in total. The summed E-state index contributed by atoms with van der Waals surface area (Å²) in [6.07, 6.45) is -0.942. The number of phenolic OH excluding ortho intramolecular Hbond substituents is 2. The summed E-state index contributed by atoms with van der Waals surface area (Å²) < 4.78 is 5.70. The van der Waals surface area contributed by atoms with Gasteiger partial charge in [0.15, 0.2) is 12.3 Å². The number of aromatic hydroxyl groups is 2. The van der Waals surface area contributed by atoms with E-state index in [1.807, 2.05) is 32.0 Å². The molecule has 0 radical (unpaired) electrons. The van der Waals surface area contributed by atoms with E-state index < -0.39 is 24.4 Å². The normalized spacial score (nSPS) is 20.1. The molecule has 0 bridgehead atoms. The molecule has 250 valence electrons. The highest BCUT2D eigenvalue weighted by Crippen LogP contribution is 2.33. The lowest BCUT2D eigenvalue weighted by Crippen LogP contribution is -2.74.